The van der Waals surface area contributed by atoms with Crippen LogP contribution in [0.15, 0.2) is 30.5 Å². The molecule has 0 unspecified atom stereocenters. The Bertz CT molecular complexity index is 945. The fourth-order valence-electron chi connectivity index (χ4n) is 2.36. The number of nitrogens with two attached hydrogens (primary N) is 1. The zero-order valence-corrected chi connectivity index (χ0v) is 14.4. The first-order valence-corrected chi connectivity index (χ1v) is 8.20. The normalized spacial score (nSPS) is 10.9. The van der Waals surface area contributed by atoms with E-state index in [0.29, 0.717) is 40.8 Å². The molecule has 0 fully saturated rings. The molecule has 8 nitrogen and oxygen atoms in total. The Morgan fingerprint density at radius 1 is 1.42 bits per heavy atom. The number of imidazole rings is 1. The Labute approximate surface area is 153 Å². The Kier molecular flexibility index (Phi) is 5.31. The highest BCUT2D eigenvalue weighted by Crippen LogP contribution is 2.24. The zero-order chi connectivity index (χ0) is 18.7. The molecule has 0 amide bonds. The number of benzene rings is 1. The Hall–Kier alpha value is -2.75. The van der Waals surface area contributed by atoms with E-state index in [0.717, 1.165) is 12.5 Å². The molecule has 0 saturated carbocycles. The first-order chi connectivity index (χ1) is 12.5. The van der Waals surface area contributed by atoms with Crippen LogP contribution in [0, 0.1) is 11.2 Å². The van der Waals surface area contributed by atoms with Crippen LogP contribution in [0.5, 0.6) is 0 Å². The van der Waals surface area contributed by atoms with Crippen molar-refractivity contribution in [3.05, 3.63) is 46.9 Å². The predicted molar refractivity (Wildman–Crippen MR) is 98.6 cm³/mol. The van der Waals surface area contributed by atoms with Gasteiger partial charge in [-0.2, -0.15) is 4.98 Å². The molecular weight excluding hydrogens is 361 g/mol. The van der Waals surface area contributed by atoms with Gasteiger partial charge >= 0.3 is 0 Å². The molecule has 1 aromatic carbocycles. The number of amidine groups is 1. The van der Waals surface area contributed by atoms with Crippen molar-refractivity contribution < 1.29 is 9.60 Å². The van der Waals surface area contributed by atoms with E-state index in [2.05, 4.69) is 20.3 Å². The summed E-state index contributed by atoms with van der Waals surface area (Å²) >= 11 is 5.74. The van der Waals surface area contributed by atoms with Gasteiger partial charge in [-0.05, 0) is 37.2 Å². The Morgan fingerprint density at radius 3 is 2.96 bits per heavy atom. The molecule has 0 radical (unpaired) electrons. The highest BCUT2D eigenvalue weighted by Gasteiger charge is 2.18. The second-order valence-electron chi connectivity index (χ2n) is 5.47. The van der Waals surface area contributed by atoms with E-state index in [1.54, 1.807) is 6.07 Å². The van der Waals surface area contributed by atoms with E-state index in [1.807, 2.05) is 0 Å². The van der Waals surface area contributed by atoms with Crippen LogP contribution in [-0.4, -0.2) is 39.1 Å². The van der Waals surface area contributed by atoms with Gasteiger partial charge in [0.15, 0.2) is 11.5 Å². The van der Waals surface area contributed by atoms with Crippen LogP contribution < -0.4 is 16.1 Å². The number of H-pyrrole nitrogens is 1. The summed E-state index contributed by atoms with van der Waals surface area (Å²) in [6, 6.07) is 5.24. The minimum absolute atomic E-state index is 0.151. The van der Waals surface area contributed by atoms with Crippen molar-refractivity contribution in [3.8, 4) is 0 Å². The van der Waals surface area contributed by atoms with Gasteiger partial charge in [0.1, 0.15) is 5.82 Å². The number of rotatable bonds is 6. The molecule has 0 bridgehead atoms. The molecule has 26 heavy (non-hydrogen) atoms. The quantitative estimate of drug-likeness (QED) is 0.194. The molecule has 0 aliphatic rings. The lowest BCUT2D eigenvalue weighted by Crippen LogP contribution is -2.27. The molecule has 2 aromatic heterocycles. The van der Waals surface area contributed by atoms with E-state index in [9.17, 15) is 9.60 Å². The van der Waals surface area contributed by atoms with Gasteiger partial charge in [-0.15, -0.1) is 0 Å². The first-order valence-electron chi connectivity index (χ1n) is 7.83. The van der Waals surface area contributed by atoms with Crippen LogP contribution in [0.25, 0.3) is 11.2 Å². The summed E-state index contributed by atoms with van der Waals surface area (Å²) in [5.41, 5.74) is 6.88. The average molecular weight is 378 g/mol. The number of hydrogen-bond acceptors (Lipinski definition) is 6. The molecule has 0 atom stereocenters. The molecule has 0 aliphatic carbocycles. The fraction of sp³-hybridized carbons (Fsp3) is 0.188. The number of hydrogen-bond donors (Lipinski definition) is 5. The molecule has 3 aromatic rings. The van der Waals surface area contributed by atoms with E-state index in [1.165, 1.54) is 18.3 Å². The van der Waals surface area contributed by atoms with Crippen molar-refractivity contribution in [2.24, 2.45) is 5.73 Å². The smallest absolute Gasteiger partial charge is 0.202 e. The van der Waals surface area contributed by atoms with Gasteiger partial charge in [0.25, 0.3) is 0 Å². The van der Waals surface area contributed by atoms with Gasteiger partial charge in [-0.1, -0.05) is 11.6 Å². The minimum Gasteiger partial charge on any atom is -0.356 e. The molecule has 3 rings (SSSR count). The van der Waals surface area contributed by atoms with Crippen molar-refractivity contribution >= 4 is 40.2 Å². The van der Waals surface area contributed by atoms with Crippen molar-refractivity contribution in [3.63, 3.8) is 0 Å². The Morgan fingerprint density at radius 2 is 2.23 bits per heavy atom. The molecule has 136 valence electrons. The Balaban J connectivity index is 1.90. The molecule has 0 spiro atoms. The third kappa shape index (κ3) is 3.59. The number of pyridine rings is 1. The molecule has 2 heterocycles. The molecule has 0 saturated heterocycles. The lowest BCUT2D eigenvalue weighted by Gasteiger charge is -2.18. The fourth-order valence-corrected chi connectivity index (χ4v) is 2.54. The van der Waals surface area contributed by atoms with E-state index < -0.39 is 5.82 Å². The number of anilines is 2. The largest absolute Gasteiger partial charge is 0.356 e. The molecule has 10 heteroatoms. The third-order valence-electron chi connectivity index (χ3n) is 3.68. The van der Waals surface area contributed by atoms with E-state index in [-0.39, 0.29) is 16.5 Å². The summed E-state index contributed by atoms with van der Waals surface area (Å²) in [6.07, 6.45) is 2.27. The highest BCUT2D eigenvalue weighted by atomic mass is 35.5. The van der Waals surface area contributed by atoms with Gasteiger partial charge in [0.05, 0.1) is 16.2 Å². The maximum Gasteiger partial charge on any atom is 0.202 e. The number of aromatic nitrogens is 3. The van der Waals surface area contributed by atoms with E-state index in [4.69, 9.17) is 22.7 Å². The van der Waals surface area contributed by atoms with Gasteiger partial charge in [0.2, 0.25) is 5.95 Å². The summed E-state index contributed by atoms with van der Waals surface area (Å²) in [5.74, 6) is -0.351. The van der Waals surface area contributed by atoms with Gasteiger partial charge in [0, 0.05) is 18.3 Å². The third-order valence-corrected chi connectivity index (χ3v) is 3.97. The molecule has 0 aliphatic heterocycles. The van der Waals surface area contributed by atoms with Crippen molar-refractivity contribution in [1.82, 2.24) is 15.0 Å². The van der Waals surface area contributed by atoms with Crippen molar-refractivity contribution in [1.29, 1.82) is 5.41 Å². The second kappa shape index (κ2) is 7.65. The van der Waals surface area contributed by atoms with Crippen LogP contribution in [0.2, 0.25) is 5.02 Å². The first kappa shape index (κ1) is 18.1. The van der Waals surface area contributed by atoms with Gasteiger partial charge in [-0.3, -0.25) is 10.6 Å². The molecule has 6 N–H and O–H groups in total. The topological polar surface area (TPSA) is 127 Å². The summed E-state index contributed by atoms with van der Waals surface area (Å²) in [5, 5.41) is 22.2. The number of halogens is 2. The van der Waals surface area contributed by atoms with E-state index >= 15 is 0 Å². The average Bonchev–Trinajstić information content (AvgIpc) is 3.06. The van der Waals surface area contributed by atoms with Gasteiger partial charge < -0.3 is 16.0 Å². The van der Waals surface area contributed by atoms with Crippen molar-refractivity contribution in [2.45, 2.75) is 6.42 Å². The number of nitrogens with one attached hydrogen (secondary N) is 3. The predicted octanol–water partition coefficient (Wildman–Crippen LogP) is 2.73. The number of fused-ring (bicyclic) bond motifs is 1. The summed E-state index contributed by atoms with van der Waals surface area (Å²) in [4.78, 5) is 11.5. The van der Waals surface area contributed by atoms with Gasteiger partial charge in [-0.25, -0.2) is 14.4 Å². The maximum absolute atomic E-state index is 13.3. The number of nitrogens with zero attached hydrogens (tertiary/aromatic N) is 3. The van der Waals surface area contributed by atoms with Crippen LogP contribution in [-0.2, 0) is 0 Å². The number of hydroxylamine groups is 1. The van der Waals surface area contributed by atoms with Crippen LogP contribution >= 0.6 is 11.6 Å². The number of aromatic amines is 1. The maximum atomic E-state index is 13.3. The summed E-state index contributed by atoms with van der Waals surface area (Å²) in [6.45, 7) is 1.20. The second-order valence-corrected chi connectivity index (χ2v) is 5.88. The summed E-state index contributed by atoms with van der Waals surface area (Å²) < 4.78 is 13.3. The lowest BCUT2D eigenvalue weighted by atomic mass is 10.2. The highest BCUT2D eigenvalue weighted by molar-refractivity contribution is 6.31. The molecular formula is C16H17ClFN7O. The zero-order valence-electron chi connectivity index (χ0n) is 13.6. The minimum atomic E-state index is -0.608. The SMILES string of the molecule is N=C(c1ccnc2nc(NCCCN)[nH]c12)N(O)c1ccc(F)c(Cl)c1. The lowest BCUT2D eigenvalue weighted by molar-refractivity contribution is 0.312. The summed E-state index contributed by atoms with van der Waals surface area (Å²) in [7, 11) is 0. The van der Waals surface area contributed by atoms with Crippen LogP contribution in [0.3, 0.4) is 0 Å². The standard InChI is InChI=1S/C16H17ClFN7O/c17-11-8-9(2-3-12(11)18)25(26)14(20)10-4-7-21-15-13(10)23-16(24-15)22-6-1-5-19/h2-4,7-8,20,26H,1,5-6,19H2,(H2,21,22,23,24). The van der Waals surface area contributed by atoms with Crippen LogP contribution in [0.1, 0.15) is 12.0 Å². The van der Waals surface area contributed by atoms with Crippen molar-refractivity contribution in [2.75, 3.05) is 23.5 Å². The monoisotopic (exact) mass is 377 g/mol. The van der Waals surface area contributed by atoms with Crippen LogP contribution in [0.4, 0.5) is 16.0 Å².